The molecule has 0 saturated heterocycles. The van der Waals surface area contributed by atoms with Gasteiger partial charge in [-0.15, -0.1) is 0 Å². The molecule has 0 radical (unpaired) electrons. The van der Waals surface area contributed by atoms with E-state index in [0.29, 0.717) is 33.7 Å². The number of anilines is 1. The van der Waals surface area contributed by atoms with Crippen molar-refractivity contribution in [3.63, 3.8) is 0 Å². The van der Waals surface area contributed by atoms with Gasteiger partial charge in [-0.25, -0.2) is 4.98 Å². The minimum Gasteiger partial charge on any atom is -0.483 e. The number of aromatic nitrogens is 2. The van der Waals surface area contributed by atoms with Crippen molar-refractivity contribution in [2.75, 3.05) is 11.9 Å². The second-order valence-corrected chi connectivity index (χ2v) is 11.6. The molecular weight excluding hydrogens is 592 g/mol. The van der Waals surface area contributed by atoms with Crippen LogP contribution in [0, 0.1) is 6.92 Å². The molecule has 1 aliphatic rings. The number of nitrogens with one attached hydrogen (secondary N) is 1. The van der Waals surface area contributed by atoms with Crippen molar-refractivity contribution in [2.45, 2.75) is 44.9 Å². The summed E-state index contributed by atoms with van der Waals surface area (Å²) in [5.41, 5.74) is 2.97. The highest BCUT2D eigenvalue weighted by Crippen LogP contribution is 2.32. The Morgan fingerprint density at radius 3 is 2.62 bits per heavy atom. The molecule has 6 rings (SSSR count). The molecule has 212 valence electrons. The van der Waals surface area contributed by atoms with Crippen LogP contribution in [-0.4, -0.2) is 28.4 Å². The smallest absolute Gasteiger partial charge is 0.282 e. The Bertz CT molecular complexity index is 1860. The highest BCUT2D eigenvalue weighted by Gasteiger charge is 2.23. The van der Waals surface area contributed by atoms with Gasteiger partial charge in [0.15, 0.2) is 6.61 Å². The number of benzene rings is 4. The molecule has 0 atom stereocenters. The van der Waals surface area contributed by atoms with E-state index in [1.165, 1.54) is 11.1 Å². The number of rotatable bonds is 7. The quantitative estimate of drug-likeness (QED) is 0.190. The standard InChI is InChI=1S/C34H31BrN4O3/c1-22-11-15-26(16-12-22)37-32(40)21-42-31-18-13-23-7-5-6-10-27(23)29(31)20-36-39-33(24-8-3-2-4-9-24)38-30-17-14-25(35)19-28(30)34(39)41/h5-7,10-20,24H,2-4,8-9,21H2,1H3,(H,37,40). The van der Waals surface area contributed by atoms with Gasteiger partial charge in [0.2, 0.25) is 0 Å². The fourth-order valence-electron chi connectivity index (χ4n) is 5.53. The predicted octanol–water partition coefficient (Wildman–Crippen LogP) is 7.57. The van der Waals surface area contributed by atoms with Crippen LogP contribution >= 0.6 is 15.9 Å². The number of hydrogen-bond acceptors (Lipinski definition) is 5. The van der Waals surface area contributed by atoms with Gasteiger partial charge < -0.3 is 10.1 Å². The van der Waals surface area contributed by atoms with Crippen molar-refractivity contribution in [1.29, 1.82) is 0 Å². The fourth-order valence-corrected chi connectivity index (χ4v) is 5.89. The lowest BCUT2D eigenvalue weighted by Crippen LogP contribution is -2.25. The van der Waals surface area contributed by atoms with Crippen molar-refractivity contribution < 1.29 is 9.53 Å². The first-order valence-electron chi connectivity index (χ1n) is 14.2. The lowest BCUT2D eigenvalue weighted by molar-refractivity contribution is -0.118. The zero-order valence-corrected chi connectivity index (χ0v) is 24.9. The van der Waals surface area contributed by atoms with Crippen LogP contribution in [0.3, 0.4) is 0 Å². The number of amides is 1. The number of nitrogens with zero attached hydrogens (tertiary/aromatic N) is 3. The number of hydrogen-bond donors (Lipinski definition) is 1. The SMILES string of the molecule is Cc1ccc(NC(=O)COc2ccc3ccccc3c2C=Nn2c(C3CCCCC3)nc3ccc(Br)cc3c2=O)cc1. The van der Waals surface area contributed by atoms with Gasteiger partial charge in [-0.3, -0.25) is 9.59 Å². The van der Waals surface area contributed by atoms with Gasteiger partial charge in [0.25, 0.3) is 11.5 Å². The minimum atomic E-state index is -0.269. The van der Waals surface area contributed by atoms with Crippen LogP contribution in [0.2, 0.25) is 0 Å². The van der Waals surface area contributed by atoms with Crippen molar-refractivity contribution >= 4 is 55.4 Å². The Morgan fingerprint density at radius 1 is 1.02 bits per heavy atom. The zero-order chi connectivity index (χ0) is 29.1. The summed E-state index contributed by atoms with van der Waals surface area (Å²) >= 11 is 3.49. The molecule has 0 aliphatic heterocycles. The molecule has 1 aromatic heterocycles. The van der Waals surface area contributed by atoms with Gasteiger partial charge >= 0.3 is 0 Å². The summed E-state index contributed by atoms with van der Waals surface area (Å²) in [5.74, 6) is 1.08. The van der Waals surface area contributed by atoms with Crippen LogP contribution in [0.5, 0.6) is 5.75 Å². The number of carbonyl (C=O) groups is 1. The Kier molecular flexibility index (Phi) is 8.15. The van der Waals surface area contributed by atoms with E-state index in [9.17, 15) is 9.59 Å². The molecule has 1 amide bonds. The molecule has 8 heteroatoms. The van der Waals surface area contributed by atoms with E-state index in [-0.39, 0.29) is 24.0 Å². The average molecular weight is 624 g/mol. The second-order valence-electron chi connectivity index (χ2n) is 10.7. The van der Waals surface area contributed by atoms with E-state index < -0.39 is 0 Å². The third-order valence-electron chi connectivity index (χ3n) is 7.73. The number of ether oxygens (including phenoxy) is 1. The molecule has 1 N–H and O–H groups in total. The molecule has 7 nitrogen and oxygen atoms in total. The van der Waals surface area contributed by atoms with Gasteiger partial charge in [0, 0.05) is 21.6 Å². The molecular formula is C34H31BrN4O3. The number of halogens is 1. The minimum absolute atomic E-state index is 0.158. The highest BCUT2D eigenvalue weighted by atomic mass is 79.9. The van der Waals surface area contributed by atoms with Gasteiger partial charge in [-0.1, -0.05) is 83.2 Å². The maximum atomic E-state index is 13.8. The molecule has 5 aromatic rings. The number of fused-ring (bicyclic) bond motifs is 2. The first-order valence-corrected chi connectivity index (χ1v) is 15.0. The first-order chi connectivity index (χ1) is 20.5. The summed E-state index contributed by atoms with van der Waals surface area (Å²) in [6.07, 6.45) is 7.02. The van der Waals surface area contributed by atoms with E-state index in [1.807, 2.05) is 79.7 Å². The van der Waals surface area contributed by atoms with E-state index in [4.69, 9.17) is 14.8 Å². The maximum Gasteiger partial charge on any atom is 0.282 e. The summed E-state index contributed by atoms with van der Waals surface area (Å²) < 4.78 is 8.31. The summed E-state index contributed by atoms with van der Waals surface area (Å²) in [7, 11) is 0. The Hall–Kier alpha value is -4.30. The average Bonchev–Trinajstić information content (AvgIpc) is 3.01. The summed E-state index contributed by atoms with van der Waals surface area (Å²) in [5, 5.41) is 10.0. The zero-order valence-electron chi connectivity index (χ0n) is 23.3. The van der Waals surface area contributed by atoms with Crippen LogP contribution in [0.15, 0.2) is 93.2 Å². The van der Waals surface area contributed by atoms with Gasteiger partial charge in [0.1, 0.15) is 11.6 Å². The number of carbonyl (C=O) groups excluding carboxylic acids is 1. The van der Waals surface area contributed by atoms with Crippen molar-refractivity contribution in [2.24, 2.45) is 5.10 Å². The van der Waals surface area contributed by atoms with Crippen molar-refractivity contribution in [3.8, 4) is 5.75 Å². The highest BCUT2D eigenvalue weighted by molar-refractivity contribution is 9.10. The van der Waals surface area contributed by atoms with Crippen LogP contribution in [0.4, 0.5) is 5.69 Å². The van der Waals surface area contributed by atoms with Crippen LogP contribution in [-0.2, 0) is 4.79 Å². The summed E-state index contributed by atoms with van der Waals surface area (Å²) in [6, 6.07) is 24.9. The van der Waals surface area contributed by atoms with E-state index in [1.54, 1.807) is 12.3 Å². The Morgan fingerprint density at radius 2 is 1.81 bits per heavy atom. The monoisotopic (exact) mass is 622 g/mol. The first kappa shape index (κ1) is 27.8. The molecule has 42 heavy (non-hydrogen) atoms. The van der Waals surface area contributed by atoms with E-state index in [2.05, 4.69) is 21.2 Å². The van der Waals surface area contributed by atoms with Crippen molar-refractivity contribution in [3.05, 3.63) is 111 Å². The maximum absolute atomic E-state index is 13.8. The molecule has 0 unspecified atom stereocenters. The fraction of sp³-hybridized carbons (Fsp3) is 0.235. The molecule has 1 aliphatic carbocycles. The van der Waals surface area contributed by atoms with Gasteiger partial charge in [-0.2, -0.15) is 9.78 Å². The topological polar surface area (TPSA) is 85.6 Å². The molecule has 0 spiro atoms. The third-order valence-corrected chi connectivity index (χ3v) is 8.22. The Balaban J connectivity index is 1.38. The number of aryl methyl sites for hydroxylation is 1. The lowest BCUT2D eigenvalue weighted by atomic mass is 9.88. The summed E-state index contributed by atoms with van der Waals surface area (Å²) in [6.45, 7) is 1.82. The van der Waals surface area contributed by atoms with Crippen LogP contribution < -0.4 is 15.6 Å². The predicted molar refractivity (Wildman–Crippen MR) is 172 cm³/mol. The molecule has 1 fully saturated rings. The summed E-state index contributed by atoms with van der Waals surface area (Å²) in [4.78, 5) is 31.5. The molecule has 1 heterocycles. The molecule has 4 aromatic carbocycles. The second kappa shape index (κ2) is 12.3. The Labute approximate surface area is 252 Å². The van der Waals surface area contributed by atoms with Gasteiger partial charge in [-0.05, 0) is 66.9 Å². The molecule has 0 bridgehead atoms. The largest absolute Gasteiger partial charge is 0.483 e. The third kappa shape index (κ3) is 5.99. The van der Waals surface area contributed by atoms with E-state index in [0.717, 1.165) is 46.5 Å². The van der Waals surface area contributed by atoms with Crippen molar-refractivity contribution in [1.82, 2.24) is 9.66 Å². The normalized spacial score (nSPS) is 14.0. The van der Waals surface area contributed by atoms with Crippen LogP contribution in [0.1, 0.15) is 55.0 Å². The molecule has 1 saturated carbocycles. The van der Waals surface area contributed by atoms with Gasteiger partial charge in [0.05, 0.1) is 17.1 Å². The van der Waals surface area contributed by atoms with Crippen LogP contribution in [0.25, 0.3) is 21.7 Å². The lowest BCUT2D eigenvalue weighted by Gasteiger charge is -2.23. The van der Waals surface area contributed by atoms with E-state index >= 15 is 0 Å².